The van der Waals surface area contributed by atoms with E-state index < -0.39 is 0 Å². The number of rotatable bonds is 0. The van der Waals surface area contributed by atoms with Crippen molar-refractivity contribution in [1.82, 2.24) is 9.97 Å². The van der Waals surface area contributed by atoms with Gasteiger partial charge in [0.15, 0.2) is 0 Å². The molecule has 0 saturated heterocycles. The lowest BCUT2D eigenvalue weighted by atomic mass is 10.1. The second-order valence-corrected chi connectivity index (χ2v) is 4.39. The summed E-state index contributed by atoms with van der Waals surface area (Å²) in [6.45, 7) is 0. The van der Waals surface area contributed by atoms with Crippen LogP contribution in [0.3, 0.4) is 0 Å². The van der Waals surface area contributed by atoms with Gasteiger partial charge in [0.2, 0.25) is 0 Å². The monoisotopic (exact) mass is 230 g/mol. The van der Waals surface area contributed by atoms with Crippen molar-refractivity contribution in [3.8, 4) is 11.3 Å². The van der Waals surface area contributed by atoms with Crippen LogP contribution >= 0.6 is 0 Å². The molecule has 2 aliphatic rings. The van der Waals surface area contributed by atoms with E-state index in [1.54, 1.807) is 0 Å². The highest BCUT2D eigenvalue weighted by molar-refractivity contribution is 6.05. The summed E-state index contributed by atoms with van der Waals surface area (Å²) in [6, 6.07) is 16.4. The normalized spacial score (nSPS) is 11.3. The number of hydrogen-bond donors (Lipinski definition) is 0. The van der Waals surface area contributed by atoms with Gasteiger partial charge in [-0.1, -0.05) is 42.5 Å². The van der Waals surface area contributed by atoms with Gasteiger partial charge in [0.25, 0.3) is 0 Å². The lowest BCUT2D eigenvalue weighted by molar-refractivity contribution is 1.38. The summed E-state index contributed by atoms with van der Waals surface area (Å²) >= 11 is 0. The summed E-state index contributed by atoms with van der Waals surface area (Å²) in [4.78, 5) is 9.13. The van der Waals surface area contributed by atoms with Crippen molar-refractivity contribution in [1.29, 1.82) is 0 Å². The van der Waals surface area contributed by atoms with Gasteiger partial charge < -0.3 is 0 Å². The summed E-state index contributed by atoms with van der Waals surface area (Å²) < 4.78 is 0. The Kier molecular flexibility index (Phi) is 1.86. The largest absolute Gasteiger partial charge is 0.263 e. The third-order valence-electron chi connectivity index (χ3n) is 3.31. The first kappa shape index (κ1) is 9.54. The average molecular weight is 230 g/mol. The smallest absolute Gasteiger partial charge is 0.0810 e. The van der Waals surface area contributed by atoms with Crippen LogP contribution in [0.4, 0.5) is 0 Å². The fourth-order valence-corrected chi connectivity index (χ4v) is 2.46. The molecular formula is C16H10N2. The Hall–Kier alpha value is -2.48. The van der Waals surface area contributed by atoms with Gasteiger partial charge in [0, 0.05) is 34.1 Å². The van der Waals surface area contributed by atoms with Gasteiger partial charge in [-0.25, -0.2) is 4.98 Å². The Morgan fingerprint density at radius 1 is 0.722 bits per heavy atom. The molecule has 84 valence electrons. The summed E-state index contributed by atoms with van der Waals surface area (Å²) in [5.41, 5.74) is 3.18. The first-order valence-electron chi connectivity index (χ1n) is 5.95. The van der Waals surface area contributed by atoms with Crippen molar-refractivity contribution in [3.05, 3.63) is 60.9 Å². The summed E-state index contributed by atoms with van der Waals surface area (Å²) in [5.74, 6) is 0. The van der Waals surface area contributed by atoms with Crippen LogP contribution in [0.15, 0.2) is 60.9 Å². The lowest BCUT2D eigenvalue weighted by Gasteiger charge is -1.95. The molecule has 18 heavy (non-hydrogen) atoms. The maximum Gasteiger partial charge on any atom is 0.0810 e. The van der Waals surface area contributed by atoms with E-state index in [-0.39, 0.29) is 0 Å². The Labute approximate surface area is 104 Å². The topological polar surface area (TPSA) is 25.8 Å². The van der Waals surface area contributed by atoms with Crippen LogP contribution in [-0.2, 0) is 0 Å². The van der Waals surface area contributed by atoms with E-state index in [4.69, 9.17) is 4.98 Å². The van der Waals surface area contributed by atoms with Crippen LogP contribution in [0, 0.1) is 0 Å². The molecule has 2 heterocycles. The highest BCUT2D eigenvalue weighted by Crippen LogP contribution is 2.34. The van der Waals surface area contributed by atoms with Gasteiger partial charge >= 0.3 is 0 Å². The van der Waals surface area contributed by atoms with Gasteiger partial charge in [-0.2, -0.15) is 0 Å². The maximum absolute atomic E-state index is 4.74. The second kappa shape index (κ2) is 3.50. The minimum absolute atomic E-state index is 1.03. The SMILES string of the molecule is c1ccc2c3nc4ccccc4c-3cncc2c1. The van der Waals surface area contributed by atoms with Gasteiger partial charge in [-0.05, 0) is 6.07 Å². The molecule has 0 aromatic heterocycles. The Morgan fingerprint density at radius 2 is 1.50 bits per heavy atom. The molecule has 0 N–H and O–H groups in total. The van der Waals surface area contributed by atoms with Crippen LogP contribution in [0.25, 0.3) is 32.9 Å². The molecule has 2 aromatic carbocycles. The highest BCUT2D eigenvalue weighted by atomic mass is 14.7. The Bertz CT molecular complexity index is 836. The zero-order chi connectivity index (χ0) is 11.9. The molecule has 2 aliphatic heterocycles. The molecule has 2 aromatic rings. The van der Waals surface area contributed by atoms with E-state index in [2.05, 4.69) is 23.2 Å². The lowest BCUT2D eigenvalue weighted by Crippen LogP contribution is -1.74. The molecule has 0 atom stereocenters. The van der Waals surface area contributed by atoms with E-state index in [0.29, 0.717) is 0 Å². The minimum atomic E-state index is 1.03. The van der Waals surface area contributed by atoms with Crippen LogP contribution in [0.2, 0.25) is 0 Å². The molecule has 2 nitrogen and oxygen atoms in total. The number of nitrogens with zero attached hydrogens (tertiary/aromatic N) is 2. The molecule has 0 fully saturated rings. The van der Waals surface area contributed by atoms with Gasteiger partial charge in [0.05, 0.1) is 11.2 Å². The van der Waals surface area contributed by atoms with Crippen LogP contribution in [0.5, 0.6) is 0 Å². The Balaban J connectivity index is 2.28. The van der Waals surface area contributed by atoms with Gasteiger partial charge in [0.1, 0.15) is 0 Å². The predicted molar refractivity (Wildman–Crippen MR) is 73.7 cm³/mol. The average Bonchev–Trinajstić information content (AvgIpc) is 2.69. The third kappa shape index (κ3) is 1.23. The number of fused-ring (bicyclic) bond motifs is 5. The predicted octanol–water partition coefficient (Wildman–Crippen LogP) is 3.89. The van der Waals surface area contributed by atoms with Crippen molar-refractivity contribution in [3.63, 3.8) is 0 Å². The fraction of sp³-hybridized carbons (Fsp3) is 0. The van der Waals surface area contributed by atoms with Crippen molar-refractivity contribution in [2.45, 2.75) is 0 Å². The zero-order valence-electron chi connectivity index (χ0n) is 9.67. The van der Waals surface area contributed by atoms with E-state index in [1.807, 2.05) is 42.7 Å². The van der Waals surface area contributed by atoms with Crippen molar-refractivity contribution in [2.24, 2.45) is 0 Å². The first-order chi connectivity index (χ1) is 8.93. The molecule has 2 heteroatoms. The molecule has 0 spiro atoms. The number of para-hydroxylation sites is 1. The summed E-state index contributed by atoms with van der Waals surface area (Å²) in [5, 5.41) is 3.44. The highest BCUT2D eigenvalue weighted by Gasteiger charge is 2.13. The van der Waals surface area contributed by atoms with Crippen molar-refractivity contribution < 1.29 is 0 Å². The van der Waals surface area contributed by atoms with E-state index in [1.165, 1.54) is 5.39 Å². The van der Waals surface area contributed by atoms with Crippen LogP contribution in [-0.4, -0.2) is 9.97 Å². The van der Waals surface area contributed by atoms with Crippen LogP contribution < -0.4 is 0 Å². The molecule has 0 saturated carbocycles. The van der Waals surface area contributed by atoms with E-state index in [9.17, 15) is 0 Å². The third-order valence-corrected chi connectivity index (χ3v) is 3.31. The molecule has 0 aliphatic carbocycles. The molecule has 4 rings (SSSR count). The molecular weight excluding hydrogens is 220 g/mol. The van der Waals surface area contributed by atoms with Crippen molar-refractivity contribution in [2.75, 3.05) is 0 Å². The zero-order valence-corrected chi connectivity index (χ0v) is 9.67. The number of benzene rings is 2. The number of hydrogen-bond acceptors (Lipinski definition) is 2. The Morgan fingerprint density at radius 3 is 2.44 bits per heavy atom. The van der Waals surface area contributed by atoms with E-state index in [0.717, 1.165) is 27.5 Å². The summed E-state index contributed by atoms with van der Waals surface area (Å²) in [6.07, 6.45) is 3.80. The molecule has 0 unspecified atom stereocenters. The van der Waals surface area contributed by atoms with Gasteiger partial charge in [-0.3, -0.25) is 4.98 Å². The second-order valence-electron chi connectivity index (χ2n) is 4.39. The fourth-order valence-electron chi connectivity index (χ4n) is 2.46. The molecule has 0 amide bonds. The van der Waals surface area contributed by atoms with Crippen LogP contribution in [0.1, 0.15) is 0 Å². The standard InChI is InChI=1S/C16H10N2/c1-2-6-12-11(5-1)9-17-10-14-13-7-3-4-8-15(13)18-16(12)14/h1-10H. The maximum atomic E-state index is 4.74. The minimum Gasteiger partial charge on any atom is -0.263 e. The quantitative estimate of drug-likeness (QED) is 0.458. The number of aromatic nitrogens is 2. The molecule has 0 radical (unpaired) electrons. The van der Waals surface area contributed by atoms with E-state index >= 15 is 0 Å². The molecule has 0 bridgehead atoms. The summed E-state index contributed by atoms with van der Waals surface area (Å²) in [7, 11) is 0. The first-order valence-corrected chi connectivity index (χ1v) is 5.95. The van der Waals surface area contributed by atoms with Gasteiger partial charge in [-0.15, -0.1) is 0 Å². The van der Waals surface area contributed by atoms with Crippen molar-refractivity contribution >= 4 is 21.7 Å².